The van der Waals surface area contributed by atoms with Crippen LogP contribution in [0.3, 0.4) is 0 Å². The summed E-state index contributed by atoms with van der Waals surface area (Å²) in [6, 6.07) is 6.54. The fourth-order valence-electron chi connectivity index (χ4n) is 3.04. The van der Waals surface area contributed by atoms with E-state index in [2.05, 4.69) is 9.97 Å². The number of nitrogens with zero attached hydrogens (tertiary/aromatic N) is 3. The number of benzene rings is 1. The highest BCUT2D eigenvalue weighted by Gasteiger charge is 2.49. The molecule has 2 heterocycles. The second-order valence-corrected chi connectivity index (χ2v) is 7.27. The standard InChI is InChI=1S/C16H11ClF3N3OS/c17-10-1-3-11(4-2-10)23-13(8-5-9(6-8)16(18,19)20)22-14-12(15(23)24)21-7-25-14/h1-4,7-9H,5-6H2. The molecule has 0 spiro atoms. The maximum atomic E-state index is 12.8. The van der Waals surface area contributed by atoms with Gasteiger partial charge in [-0.25, -0.2) is 9.97 Å². The van der Waals surface area contributed by atoms with Crippen LogP contribution in [0.1, 0.15) is 24.6 Å². The lowest BCUT2D eigenvalue weighted by Crippen LogP contribution is -2.37. The smallest absolute Gasteiger partial charge is 0.266 e. The molecule has 0 saturated heterocycles. The molecule has 0 bridgehead atoms. The largest absolute Gasteiger partial charge is 0.391 e. The molecular formula is C16H11ClF3N3OS. The second-order valence-electron chi connectivity index (χ2n) is 6.00. The summed E-state index contributed by atoms with van der Waals surface area (Å²) in [5.41, 5.74) is 1.87. The molecule has 1 aliphatic rings. The van der Waals surface area contributed by atoms with Gasteiger partial charge in [-0.2, -0.15) is 13.2 Å². The predicted octanol–water partition coefficient (Wildman–Crippen LogP) is 4.55. The van der Waals surface area contributed by atoms with Crippen molar-refractivity contribution in [3.05, 3.63) is 51.0 Å². The lowest BCUT2D eigenvalue weighted by Gasteiger charge is -2.36. The molecule has 0 amide bonds. The first-order valence-corrected chi connectivity index (χ1v) is 8.79. The van der Waals surface area contributed by atoms with Crippen molar-refractivity contribution in [2.45, 2.75) is 24.9 Å². The molecule has 0 unspecified atom stereocenters. The molecule has 130 valence electrons. The van der Waals surface area contributed by atoms with Crippen LogP contribution in [-0.2, 0) is 0 Å². The third kappa shape index (κ3) is 2.83. The topological polar surface area (TPSA) is 47.8 Å². The monoisotopic (exact) mass is 385 g/mol. The summed E-state index contributed by atoms with van der Waals surface area (Å²) in [5.74, 6) is -1.41. The molecule has 25 heavy (non-hydrogen) atoms. The summed E-state index contributed by atoms with van der Waals surface area (Å²) >= 11 is 7.09. The van der Waals surface area contributed by atoms with Gasteiger partial charge < -0.3 is 0 Å². The van der Waals surface area contributed by atoms with Crippen LogP contribution in [0.5, 0.6) is 0 Å². The molecule has 0 N–H and O–H groups in total. The van der Waals surface area contributed by atoms with Gasteiger partial charge in [0.25, 0.3) is 5.56 Å². The molecule has 0 radical (unpaired) electrons. The number of thiazole rings is 1. The average molecular weight is 386 g/mol. The van der Waals surface area contributed by atoms with Crippen LogP contribution in [0.2, 0.25) is 5.02 Å². The Bertz CT molecular complexity index is 991. The SMILES string of the molecule is O=c1c2ncsc2nc(C2CC(C(F)(F)F)C2)n1-c1ccc(Cl)cc1. The van der Waals surface area contributed by atoms with E-state index in [0.717, 1.165) is 0 Å². The fraction of sp³-hybridized carbons (Fsp3) is 0.312. The molecule has 0 atom stereocenters. The molecule has 1 fully saturated rings. The van der Waals surface area contributed by atoms with Crippen LogP contribution < -0.4 is 5.56 Å². The van der Waals surface area contributed by atoms with Gasteiger partial charge in [0.2, 0.25) is 0 Å². The third-order valence-corrected chi connectivity index (χ3v) is 5.42. The highest BCUT2D eigenvalue weighted by Crippen LogP contribution is 2.49. The van der Waals surface area contributed by atoms with Crippen LogP contribution in [0, 0.1) is 5.92 Å². The van der Waals surface area contributed by atoms with Crippen LogP contribution in [0.15, 0.2) is 34.6 Å². The normalized spacial score (nSPS) is 20.6. The minimum Gasteiger partial charge on any atom is -0.266 e. The lowest BCUT2D eigenvalue weighted by atomic mass is 9.74. The quantitative estimate of drug-likeness (QED) is 0.650. The van der Waals surface area contributed by atoms with E-state index in [0.29, 0.717) is 21.4 Å². The Balaban J connectivity index is 1.84. The Kier molecular flexibility index (Phi) is 3.84. The van der Waals surface area contributed by atoms with Gasteiger partial charge in [0.15, 0.2) is 10.3 Å². The highest BCUT2D eigenvalue weighted by atomic mass is 35.5. The zero-order valence-electron chi connectivity index (χ0n) is 12.6. The Morgan fingerprint density at radius 2 is 1.88 bits per heavy atom. The van der Waals surface area contributed by atoms with E-state index in [9.17, 15) is 18.0 Å². The van der Waals surface area contributed by atoms with Gasteiger partial charge in [0, 0.05) is 10.9 Å². The number of aromatic nitrogens is 3. The van der Waals surface area contributed by atoms with Crippen molar-refractivity contribution in [2.24, 2.45) is 5.92 Å². The predicted molar refractivity (Wildman–Crippen MR) is 89.5 cm³/mol. The molecule has 9 heteroatoms. The molecule has 1 aliphatic carbocycles. The first-order valence-electron chi connectivity index (χ1n) is 7.53. The van der Waals surface area contributed by atoms with Gasteiger partial charge in [-0.05, 0) is 37.1 Å². The third-order valence-electron chi connectivity index (χ3n) is 4.45. The molecule has 4 rings (SSSR count). The lowest BCUT2D eigenvalue weighted by molar-refractivity contribution is -0.198. The van der Waals surface area contributed by atoms with Gasteiger partial charge in [0.1, 0.15) is 5.82 Å². The van der Waals surface area contributed by atoms with Gasteiger partial charge in [-0.3, -0.25) is 9.36 Å². The van der Waals surface area contributed by atoms with E-state index in [-0.39, 0.29) is 23.9 Å². The number of halogens is 4. The molecule has 2 aromatic heterocycles. The number of hydrogen-bond donors (Lipinski definition) is 0. The molecule has 3 aromatic rings. The van der Waals surface area contributed by atoms with Gasteiger partial charge in [-0.15, -0.1) is 11.3 Å². The zero-order chi connectivity index (χ0) is 17.8. The first-order chi connectivity index (χ1) is 11.8. The minimum atomic E-state index is -4.21. The summed E-state index contributed by atoms with van der Waals surface area (Å²) < 4.78 is 39.8. The average Bonchev–Trinajstić information content (AvgIpc) is 2.95. The van der Waals surface area contributed by atoms with Gasteiger partial charge in [-0.1, -0.05) is 11.6 Å². The summed E-state index contributed by atoms with van der Waals surface area (Å²) in [4.78, 5) is 21.8. The summed E-state index contributed by atoms with van der Waals surface area (Å²) in [6.07, 6.45) is -4.34. The Labute approximate surface area is 148 Å². The maximum absolute atomic E-state index is 12.8. The number of alkyl halides is 3. The van der Waals surface area contributed by atoms with Crippen molar-refractivity contribution < 1.29 is 13.2 Å². The van der Waals surface area contributed by atoms with Crippen LogP contribution in [0.25, 0.3) is 16.0 Å². The molecule has 0 aliphatic heterocycles. The van der Waals surface area contributed by atoms with E-state index >= 15 is 0 Å². The van der Waals surface area contributed by atoms with Crippen molar-refractivity contribution in [1.29, 1.82) is 0 Å². The van der Waals surface area contributed by atoms with Crippen molar-refractivity contribution in [2.75, 3.05) is 0 Å². The van der Waals surface area contributed by atoms with E-state index < -0.39 is 18.0 Å². The second kappa shape index (κ2) is 5.81. The first kappa shape index (κ1) is 16.5. The van der Waals surface area contributed by atoms with Gasteiger partial charge in [0.05, 0.1) is 17.1 Å². The Morgan fingerprint density at radius 1 is 1.20 bits per heavy atom. The Morgan fingerprint density at radius 3 is 2.52 bits per heavy atom. The fourth-order valence-corrected chi connectivity index (χ4v) is 3.82. The van der Waals surface area contributed by atoms with Crippen molar-refractivity contribution in [3.63, 3.8) is 0 Å². The number of rotatable bonds is 2. The number of fused-ring (bicyclic) bond motifs is 1. The van der Waals surface area contributed by atoms with Crippen LogP contribution >= 0.6 is 22.9 Å². The van der Waals surface area contributed by atoms with E-state index in [1.807, 2.05) is 0 Å². The molecule has 1 aromatic carbocycles. The van der Waals surface area contributed by atoms with Crippen molar-refractivity contribution in [3.8, 4) is 5.69 Å². The van der Waals surface area contributed by atoms with Crippen molar-refractivity contribution in [1.82, 2.24) is 14.5 Å². The van der Waals surface area contributed by atoms with Crippen LogP contribution in [0.4, 0.5) is 13.2 Å². The minimum absolute atomic E-state index is 0.0617. The molecule has 4 nitrogen and oxygen atoms in total. The Hall–Kier alpha value is -1.93. The van der Waals surface area contributed by atoms with E-state index in [1.165, 1.54) is 21.4 Å². The van der Waals surface area contributed by atoms with E-state index in [4.69, 9.17) is 11.6 Å². The summed E-state index contributed by atoms with van der Waals surface area (Å²) in [7, 11) is 0. The molecular weight excluding hydrogens is 375 g/mol. The van der Waals surface area contributed by atoms with Crippen molar-refractivity contribution >= 4 is 33.3 Å². The summed E-state index contributed by atoms with van der Waals surface area (Å²) in [6.45, 7) is 0. The highest BCUT2D eigenvalue weighted by molar-refractivity contribution is 7.16. The summed E-state index contributed by atoms with van der Waals surface area (Å²) in [5, 5.41) is 0.502. The van der Waals surface area contributed by atoms with E-state index in [1.54, 1.807) is 24.3 Å². The van der Waals surface area contributed by atoms with Crippen LogP contribution in [-0.4, -0.2) is 20.7 Å². The van der Waals surface area contributed by atoms with Gasteiger partial charge >= 0.3 is 6.18 Å². The molecule has 1 saturated carbocycles. The zero-order valence-corrected chi connectivity index (χ0v) is 14.2. The number of hydrogen-bond acceptors (Lipinski definition) is 4. The maximum Gasteiger partial charge on any atom is 0.391 e.